The van der Waals surface area contributed by atoms with E-state index in [-0.39, 0.29) is 11.5 Å². The van der Waals surface area contributed by atoms with E-state index in [1.54, 1.807) is 12.0 Å². The van der Waals surface area contributed by atoms with Gasteiger partial charge in [0.2, 0.25) is 0 Å². The molecule has 0 saturated carbocycles. The van der Waals surface area contributed by atoms with Gasteiger partial charge in [0, 0.05) is 26.3 Å². The highest BCUT2D eigenvalue weighted by Crippen LogP contribution is 2.19. The van der Waals surface area contributed by atoms with Gasteiger partial charge in [-0.1, -0.05) is 24.3 Å². The molecule has 0 atom stereocenters. The van der Waals surface area contributed by atoms with Gasteiger partial charge >= 0.3 is 0 Å². The summed E-state index contributed by atoms with van der Waals surface area (Å²) in [6.07, 6.45) is 0.839. The molecule has 0 fully saturated rings. The van der Waals surface area contributed by atoms with Crippen molar-refractivity contribution in [2.45, 2.75) is 19.5 Å². The number of amides is 1. The lowest BCUT2D eigenvalue weighted by molar-refractivity contribution is 0.0725. The fourth-order valence-corrected chi connectivity index (χ4v) is 2.73. The Morgan fingerprint density at radius 1 is 1.22 bits per heavy atom. The molecular weight excluding hydrogens is 294 g/mol. The van der Waals surface area contributed by atoms with Gasteiger partial charge in [0.25, 0.3) is 11.5 Å². The van der Waals surface area contributed by atoms with Crippen LogP contribution in [0.25, 0.3) is 0 Å². The third kappa shape index (κ3) is 3.32. The summed E-state index contributed by atoms with van der Waals surface area (Å²) < 4.78 is 6.23. The van der Waals surface area contributed by atoms with Gasteiger partial charge in [0.1, 0.15) is 5.69 Å². The summed E-state index contributed by atoms with van der Waals surface area (Å²) in [5.41, 5.74) is 2.51. The predicted octanol–water partition coefficient (Wildman–Crippen LogP) is 1.09. The van der Waals surface area contributed by atoms with Gasteiger partial charge in [-0.25, -0.2) is 4.68 Å². The van der Waals surface area contributed by atoms with Crippen LogP contribution in [0.2, 0.25) is 0 Å². The van der Waals surface area contributed by atoms with E-state index >= 15 is 0 Å². The van der Waals surface area contributed by atoms with E-state index in [9.17, 15) is 9.59 Å². The first-order chi connectivity index (χ1) is 11.2. The lowest BCUT2D eigenvalue weighted by atomic mass is 10.00. The van der Waals surface area contributed by atoms with Gasteiger partial charge in [0.05, 0.1) is 13.2 Å². The molecule has 0 aliphatic carbocycles. The molecule has 0 saturated heterocycles. The molecule has 0 radical (unpaired) electrons. The molecule has 2 heterocycles. The number of nitrogens with zero attached hydrogens (tertiary/aromatic N) is 3. The minimum absolute atomic E-state index is 0.148. The SMILES string of the molecule is COCCn1nc(C(=O)N2CCc3ccccc3C2)ccc1=O. The predicted molar refractivity (Wildman–Crippen MR) is 85.3 cm³/mol. The van der Waals surface area contributed by atoms with Crippen molar-refractivity contribution in [1.82, 2.24) is 14.7 Å². The Hall–Kier alpha value is -2.47. The van der Waals surface area contributed by atoms with Crippen LogP contribution in [0.15, 0.2) is 41.2 Å². The normalized spacial score (nSPS) is 13.7. The number of hydrogen-bond acceptors (Lipinski definition) is 4. The minimum Gasteiger partial charge on any atom is -0.383 e. The lowest BCUT2D eigenvalue weighted by Crippen LogP contribution is -2.37. The zero-order chi connectivity index (χ0) is 16.2. The van der Waals surface area contributed by atoms with Crippen LogP contribution in [-0.4, -0.2) is 40.8 Å². The first kappa shape index (κ1) is 15.4. The molecular formula is C17H19N3O3. The van der Waals surface area contributed by atoms with Gasteiger partial charge in [-0.05, 0) is 23.6 Å². The topological polar surface area (TPSA) is 64.4 Å². The van der Waals surface area contributed by atoms with Crippen molar-refractivity contribution in [3.63, 3.8) is 0 Å². The second-order valence-electron chi connectivity index (χ2n) is 5.52. The average molecular weight is 313 g/mol. The van der Waals surface area contributed by atoms with E-state index in [1.807, 2.05) is 18.2 Å². The Balaban J connectivity index is 1.80. The smallest absolute Gasteiger partial charge is 0.274 e. The third-order valence-corrected chi connectivity index (χ3v) is 4.01. The summed E-state index contributed by atoms with van der Waals surface area (Å²) in [4.78, 5) is 26.2. The van der Waals surface area contributed by atoms with Crippen LogP contribution in [0, 0.1) is 0 Å². The standard InChI is InChI=1S/C17H19N3O3/c1-23-11-10-20-16(21)7-6-15(18-20)17(22)19-9-8-13-4-2-3-5-14(13)12-19/h2-7H,8-12H2,1H3. The molecule has 1 aliphatic rings. The number of hydrogen-bond donors (Lipinski definition) is 0. The first-order valence-corrected chi connectivity index (χ1v) is 7.62. The summed E-state index contributed by atoms with van der Waals surface area (Å²) in [5.74, 6) is -0.148. The zero-order valence-corrected chi connectivity index (χ0v) is 13.1. The summed E-state index contributed by atoms with van der Waals surface area (Å²) in [5, 5.41) is 4.17. The maximum absolute atomic E-state index is 12.7. The van der Waals surface area contributed by atoms with Crippen molar-refractivity contribution in [2.24, 2.45) is 0 Å². The molecule has 1 aromatic carbocycles. The Morgan fingerprint density at radius 2 is 2.00 bits per heavy atom. The Bertz CT molecular complexity index is 770. The molecule has 1 amide bonds. The molecule has 0 bridgehead atoms. The van der Waals surface area contributed by atoms with Crippen LogP contribution >= 0.6 is 0 Å². The summed E-state index contributed by atoms with van der Waals surface area (Å²) in [6.45, 7) is 1.95. The largest absolute Gasteiger partial charge is 0.383 e. The number of carbonyl (C=O) groups is 1. The van der Waals surface area contributed by atoms with Crippen LogP contribution in [-0.2, 0) is 24.2 Å². The van der Waals surface area contributed by atoms with Crippen molar-refractivity contribution in [2.75, 3.05) is 20.3 Å². The van der Waals surface area contributed by atoms with Crippen molar-refractivity contribution >= 4 is 5.91 Å². The number of methoxy groups -OCH3 is 1. The summed E-state index contributed by atoms with van der Waals surface area (Å²) in [7, 11) is 1.56. The average Bonchev–Trinajstić information content (AvgIpc) is 2.60. The fourth-order valence-electron chi connectivity index (χ4n) is 2.73. The highest BCUT2D eigenvalue weighted by Gasteiger charge is 2.22. The van der Waals surface area contributed by atoms with Gasteiger partial charge in [-0.15, -0.1) is 0 Å². The molecule has 0 spiro atoms. The highest BCUT2D eigenvalue weighted by molar-refractivity contribution is 5.92. The van der Waals surface area contributed by atoms with Crippen LogP contribution in [0.4, 0.5) is 0 Å². The molecule has 2 aromatic rings. The Labute approximate surface area is 134 Å². The number of carbonyl (C=O) groups excluding carboxylic acids is 1. The molecule has 6 nitrogen and oxygen atoms in total. The molecule has 3 rings (SSSR count). The second-order valence-corrected chi connectivity index (χ2v) is 5.52. The van der Waals surface area contributed by atoms with Crippen LogP contribution in [0.5, 0.6) is 0 Å². The van der Waals surface area contributed by atoms with E-state index in [1.165, 1.54) is 27.9 Å². The number of rotatable bonds is 4. The second kappa shape index (κ2) is 6.75. The van der Waals surface area contributed by atoms with Crippen LogP contribution in [0.1, 0.15) is 21.6 Å². The van der Waals surface area contributed by atoms with Crippen molar-refractivity contribution in [3.8, 4) is 0 Å². The maximum atomic E-state index is 12.7. The van der Waals surface area contributed by atoms with E-state index in [4.69, 9.17) is 4.74 Å². The number of ether oxygens (including phenoxy) is 1. The van der Waals surface area contributed by atoms with Crippen molar-refractivity contribution in [1.29, 1.82) is 0 Å². The quantitative estimate of drug-likeness (QED) is 0.847. The zero-order valence-electron chi connectivity index (χ0n) is 13.1. The summed E-state index contributed by atoms with van der Waals surface area (Å²) in [6, 6.07) is 11.0. The van der Waals surface area contributed by atoms with Crippen LogP contribution < -0.4 is 5.56 Å². The Morgan fingerprint density at radius 3 is 2.78 bits per heavy atom. The van der Waals surface area contributed by atoms with E-state index in [0.29, 0.717) is 31.9 Å². The first-order valence-electron chi connectivity index (χ1n) is 7.62. The number of fused-ring (bicyclic) bond motifs is 1. The third-order valence-electron chi connectivity index (χ3n) is 4.01. The monoisotopic (exact) mass is 313 g/mol. The van der Waals surface area contributed by atoms with E-state index in [0.717, 1.165) is 6.42 Å². The minimum atomic E-state index is -0.234. The molecule has 23 heavy (non-hydrogen) atoms. The van der Waals surface area contributed by atoms with Crippen molar-refractivity contribution in [3.05, 3.63) is 63.6 Å². The summed E-state index contributed by atoms with van der Waals surface area (Å²) >= 11 is 0. The molecule has 120 valence electrons. The number of aromatic nitrogens is 2. The fraction of sp³-hybridized carbons (Fsp3) is 0.353. The van der Waals surface area contributed by atoms with Gasteiger partial charge < -0.3 is 9.64 Å². The molecule has 1 aliphatic heterocycles. The highest BCUT2D eigenvalue weighted by atomic mass is 16.5. The van der Waals surface area contributed by atoms with Crippen molar-refractivity contribution < 1.29 is 9.53 Å². The van der Waals surface area contributed by atoms with Gasteiger partial charge in [0.15, 0.2) is 0 Å². The molecule has 0 N–H and O–H groups in total. The molecule has 0 unspecified atom stereocenters. The molecule has 1 aromatic heterocycles. The lowest BCUT2D eigenvalue weighted by Gasteiger charge is -2.28. The van der Waals surface area contributed by atoms with Crippen LogP contribution in [0.3, 0.4) is 0 Å². The number of benzene rings is 1. The van der Waals surface area contributed by atoms with E-state index in [2.05, 4.69) is 11.2 Å². The Kier molecular flexibility index (Phi) is 4.52. The maximum Gasteiger partial charge on any atom is 0.274 e. The van der Waals surface area contributed by atoms with E-state index < -0.39 is 0 Å². The van der Waals surface area contributed by atoms with Gasteiger partial charge in [-0.3, -0.25) is 9.59 Å². The molecule has 6 heteroatoms. The van der Waals surface area contributed by atoms with Gasteiger partial charge in [-0.2, -0.15) is 5.10 Å².